The highest BCUT2D eigenvalue weighted by atomic mass is 19.2. The van der Waals surface area contributed by atoms with E-state index in [4.69, 9.17) is 0 Å². The average molecular weight is 225 g/mol. The molecule has 1 amide bonds. The Balaban J connectivity index is 2.36. The Hall–Kier alpha value is -1.45. The lowest BCUT2D eigenvalue weighted by Crippen LogP contribution is -2.44. The van der Waals surface area contributed by atoms with Gasteiger partial charge in [0.2, 0.25) is 5.91 Å². The van der Waals surface area contributed by atoms with Crippen LogP contribution < -0.4 is 5.32 Å². The summed E-state index contributed by atoms with van der Waals surface area (Å²) in [6.07, 6.45) is 0.895. The highest BCUT2D eigenvalue weighted by Gasteiger charge is 2.34. The van der Waals surface area contributed by atoms with Crippen molar-refractivity contribution >= 4 is 5.91 Å². The van der Waals surface area contributed by atoms with E-state index < -0.39 is 17.0 Å². The predicted molar refractivity (Wildman–Crippen MR) is 56.0 cm³/mol. The van der Waals surface area contributed by atoms with Crippen molar-refractivity contribution < 1.29 is 13.6 Å². The molecule has 2 nitrogen and oxygen atoms in total. The fraction of sp³-hybridized carbons (Fsp3) is 0.417. The van der Waals surface area contributed by atoms with Gasteiger partial charge in [-0.1, -0.05) is 19.1 Å². The monoisotopic (exact) mass is 225 g/mol. The van der Waals surface area contributed by atoms with Gasteiger partial charge in [0.25, 0.3) is 0 Å². The Morgan fingerprint density at radius 1 is 1.38 bits per heavy atom. The van der Waals surface area contributed by atoms with Crippen LogP contribution in [0.25, 0.3) is 0 Å². The number of piperidine rings is 1. The minimum atomic E-state index is -0.837. The molecule has 0 saturated carbocycles. The van der Waals surface area contributed by atoms with Crippen molar-refractivity contribution in [1.82, 2.24) is 5.32 Å². The van der Waals surface area contributed by atoms with E-state index >= 15 is 0 Å². The van der Waals surface area contributed by atoms with Gasteiger partial charge in [0, 0.05) is 18.4 Å². The summed E-state index contributed by atoms with van der Waals surface area (Å²) in [7, 11) is 0. The van der Waals surface area contributed by atoms with Crippen LogP contribution in [-0.2, 0) is 10.2 Å². The maximum atomic E-state index is 13.6. The molecule has 1 aromatic rings. The Labute approximate surface area is 92.7 Å². The number of halogens is 2. The van der Waals surface area contributed by atoms with Crippen molar-refractivity contribution in [1.29, 1.82) is 0 Å². The predicted octanol–water partition coefficient (Wildman–Crippen LogP) is 2.13. The maximum absolute atomic E-state index is 13.6. The topological polar surface area (TPSA) is 29.1 Å². The van der Waals surface area contributed by atoms with Crippen LogP contribution in [0.3, 0.4) is 0 Å². The molecule has 1 N–H and O–H groups in total. The van der Waals surface area contributed by atoms with Gasteiger partial charge in [0.05, 0.1) is 0 Å². The van der Waals surface area contributed by atoms with E-state index in [9.17, 15) is 13.6 Å². The van der Waals surface area contributed by atoms with Gasteiger partial charge in [-0.25, -0.2) is 8.78 Å². The number of carbonyl (C=O) groups is 1. The Kier molecular flexibility index (Phi) is 2.66. The minimum Gasteiger partial charge on any atom is -0.355 e. The number of hydrogen-bond donors (Lipinski definition) is 1. The summed E-state index contributed by atoms with van der Waals surface area (Å²) in [6.45, 7) is 2.19. The Morgan fingerprint density at radius 3 is 2.75 bits per heavy atom. The number of benzene rings is 1. The third-order valence-corrected chi connectivity index (χ3v) is 3.18. The molecule has 1 aliphatic heterocycles. The molecule has 1 aliphatic rings. The van der Waals surface area contributed by atoms with Gasteiger partial charge in [0.15, 0.2) is 11.6 Å². The van der Waals surface area contributed by atoms with Gasteiger partial charge in [-0.05, 0) is 18.1 Å². The zero-order chi connectivity index (χ0) is 11.8. The van der Waals surface area contributed by atoms with Gasteiger partial charge in [-0.2, -0.15) is 0 Å². The van der Waals surface area contributed by atoms with Crippen molar-refractivity contribution in [3.05, 3.63) is 35.4 Å². The first-order chi connectivity index (χ1) is 7.53. The normalized spacial score (nSPS) is 25.3. The third kappa shape index (κ3) is 1.79. The number of amides is 1. The van der Waals surface area contributed by atoms with Crippen LogP contribution in [0, 0.1) is 11.6 Å². The van der Waals surface area contributed by atoms with E-state index in [0.717, 1.165) is 6.07 Å². The zero-order valence-electron chi connectivity index (χ0n) is 9.02. The van der Waals surface area contributed by atoms with Crippen molar-refractivity contribution in [3.63, 3.8) is 0 Å². The van der Waals surface area contributed by atoms with Gasteiger partial charge < -0.3 is 5.32 Å². The largest absolute Gasteiger partial charge is 0.355 e. The van der Waals surface area contributed by atoms with Crippen LogP contribution in [0.15, 0.2) is 18.2 Å². The molecule has 0 bridgehead atoms. The van der Waals surface area contributed by atoms with E-state index in [0.29, 0.717) is 24.9 Å². The second-order valence-electron chi connectivity index (χ2n) is 4.44. The van der Waals surface area contributed by atoms with Crippen LogP contribution in [-0.4, -0.2) is 12.5 Å². The Bertz CT molecular complexity index is 421. The number of rotatable bonds is 1. The van der Waals surface area contributed by atoms with Crippen LogP contribution in [0.5, 0.6) is 0 Å². The molecular weight excluding hydrogens is 212 g/mol. The van der Waals surface area contributed by atoms with E-state index in [1.54, 1.807) is 6.07 Å². The molecule has 0 aliphatic carbocycles. The Morgan fingerprint density at radius 2 is 2.12 bits per heavy atom. The molecule has 0 radical (unpaired) electrons. The first-order valence-corrected chi connectivity index (χ1v) is 5.24. The van der Waals surface area contributed by atoms with Crippen molar-refractivity contribution in [2.24, 2.45) is 0 Å². The van der Waals surface area contributed by atoms with E-state index in [1.807, 2.05) is 6.92 Å². The molecule has 1 heterocycles. The number of carbonyl (C=O) groups excluding carboxylic acids is 1. The lowest BCUT2D eigenvalue weighted by Gasteiger charge is -2.34. The van der Waals surface area contributed by atoms with Crippen LogP contribution in [0.2, 0.25) is 0 Å². The molecule has 86 valence electrons. The summed E-state index contributed by atoms with van der Waals surface area (Å²) < 4.78 is 26.8. The first kappa shape index (κ1) is 11.0. The molecule has 2 rings (SSSR count). The van der Waals surface area contributed by atoms with Crippen molar-refractivity contribution in [2.75, 3.05) is 6.54 Å². The van der Waals surface area contributed by atoms with E-state index in [-0.39, 0.29) is 5.91 Å². The van der Waals surface area contributed by atoms with E-state index in [1.165, 1.54) is 6.07 Å². The lowest BCUT2D eigenvalue weighted by molar-refractivity contribution is -0.123. The number of nitrogens with one attached hydrogen (secondary N) is 1. The van der Waals surface area contributed by atoms with Crippen molar-refractivity contribution in [2.45, 2.75) is 25.2 Å². The first-order valence-electron chi connectivity index (χ1n) is 5.24. The standard InChI is InChI=1S/C12H13F2NO/c1-12(6-5-10(16)15-7-12)8-3-2-4-9(13)11(8)14/h2-4H,5-7H2,1H3,(H,15,16). The van der Waals surface area contributed by atoms with Gasteiger partial charge in [-0.15, -0.1) is 0 Å². The smallest absolute Gasteiger partial charge is 0.220 e. The molecule has 16 heavy (non-hydrogen) atoms. The van der Waals surface area contributed by atoms with Crippen LogP contribution in [0.1, 0.15) is 25.3 Å². The maximum Gasteiger partial charge on any atom is 0.220 e. The zero-order valence-corrected chi connectivity index (χ0v) is 9.02. The fourth-order valence-corrected chi connectivity index (χ4v) is 2.06. The molecule has 0 spiro atoms. The lowest BCUT2D eigenvalue weighted by atomic mass is 9.76. The highest BCUT2D eigenvalue weighted by Crippen LogP contribution is 2.33. The van der Waals surface area contributed by atoms with Crippen LogP contribution >= 0.6 is 0 Å². The molecule has 1 aromatic carbocycles. The highest BCUT2D eigenvalue weighted by molar-refractivity contribution is 5.77. The van der Waals surface area contributed by atoms with Gasteiger partial charge in [-0.3, -0.25) is 4.79 Å². The minimum absolute atomic E-state index is 0.0331. The molecule has 1 atom stereocenters. The van der Waals surface area contributed by atoms with Gasteiger partial charge >= 0.3 is 0 Å². The molecule has 1 unspecified atom stereocenters. The SMILES string of the molecule is CC1(c2cccc(F)c2F)CCC(=O)NC1. The summed E-state index contributed by atoms with van der Waals surface area (Å²) in [5.41, 5.74) is -0.174. The fourth-order valence-electron chi connectivity index (χ4n) is 2.06. The summed E-state index contributed by atoms with van der Waals surface area (Å²) >= 11 is 0. The molecule has 4 heteroatoms. The summed E-state index contributed by atoms with van der Waals surface area (Å²) in [5, 5.41) is 2.69. The molecular formula is C12H13F2NO. The number of hydrogen-bond acceptors (Lipinski definition) is 1. The summed E-state index contributed by atoms with van der Waals surface area (Å²) in [4.78, 5) is 11.1. The van der Waals surface area contributed by atoms with Crippen LogP contribution in [0.4, 0.5) is 8.78 Å². The quantitative estimate of drug-likeness (QED) is 0.779. The summed E-state index contributed by atoms with van der Waals surface area (Å²) in [6, 6.07) is 4.18. The second-order valence-corrected chi connectivity index (χ2v) is 4.44. The van der Waals surface area contributed by atoms with Crippen molar-refractivity contribution in [3.8, 4) is 0 Å². The average Bonchev–Trinajstić information content (AvgIpc) is 2.27. The summed E-state index contributed by atoms with van der Waals surface area (Å²) in [5.74, 6) is -1.67. The molecule has 1 fully saturated rings. The van der Waals surface area contributed by atoms with Gasteiger partial charge in [0.1, 0.15) is 0 Å². The molecule has 1 saturated heterocycles. The molecule has 0 aromatic heterocycles. The third-order valence-electron chi connectivity index (χ3n) is 3.18. The van der Waals surface area contributed by atoms with E-state index in [2.05, 4.69) is 5.32 Å². The second kappa shape index (κ2) is 3.85.